The second-order valence-corrected chi connectivity index (χ2v) is 5.76. The molecular formula is C17H25NO3. The van der Waals surface area contributed by atoms with Gasteiger partial charge in [0.15, 0.2) is 0 Å². The van der Waals surface area contributed by atoms with Crippen molar-refractivity contribution < 1.29 is 14.6 Å². The van der Waals surface area contributed by atoms with Crippen molar-refractivity contribution in [2.75, 3.05) is 13.2 Å². The van der Waals surface area contributed by atoms with Crippen molar-refractivity contribution in [3.05, 3.63) is 29.8 Å². The van der Waals surface area contributed by atoms with Gasteiger partial charge in [-0.1, -0.05) is 13.3 Å². The Kier molecular flexibility index (Phi) is 6.05. The van der Waals surface area contributed by atoms with E-state index in [9.17, 15) is 4.79 Å². The Bertz CT molecular complexity index is 436. The maximum atomic E-state index is 10.7. The summed E-state index contributed by atoms with van der Waals surface area (Å²) in [6, 6.07) is 7.17. The zero-order valence-electron chi connectivity index (χ0n) is 12.7. The standard InChI is InChI=1S/C17H25NO3/c1-2-13-3-7-15(8-4-13)18-11-12-21-16-9-5-14(6-10-16)17(19)20/h5-6,9-10,13,15,18H,2-4,7-8,11-12H2,1H3,(H,19,20). The first-order valence-electron chi connectivity index (χ1n) is 7.88. The van der Waals surface area contributed by atoms with Crippen molar-refractivity contribution in [3.63, 3.8) is 0 Å². The number of carboxylic acid groups (broad SMARTS) is 1. The predicted octanol–water partition coefficient (Wildman–Crippen LogP) is 3.32. The number of hydrogen-bond donors (Lipinski definition) is 2. The number of nitrogens with one attached hydrogen (secondary N) is 1. The zero-order chi connectivity index (χ0) is 15.1. The summed E-state index contributed by atoms with van der Waals surface area (Å²) in [5.41, 5.74) is 0.285. The van der Waals surface area contributed by atoms with E-state index in [4.69, 9.17) is 9.84 Å². The highest BCUT2D eigenvalue weighted by Gasteiger charge is 2.19. The van der Waals surface area contributed by atoms with Gasteiger partial charge < -0.3 is 15.2 Å². The largest absolute Gasteiger partial charge is 0.492 e. The molecule has 116 valence electrons. The molecule has 1 aliphatic rings. The lowest BCUT2D eigenvalue weighted by atomic mass is 9.84. The molecule has 0 aliphatic heterocycles. The maximum absolute atomic E-state index is 10.7. The molecule has 0 aromatic heterocycles. The lowest BCUT2D eigenvalue weighted by Gasteiger charge is -2.28. The SMILES string of the molecule is CCC1CCC(NCCOc2ccc(C(=O)O)cc2)CC1. The fourth-order valence-electron chi connectivity index (χ4n) is 2.90. The Morgan fingerprint density at radius 3 is 2.48 bits per heavy atom. The number of carbonyl (C=O) groups is 1. The van der Waals surface area contributed by atoms with Crippen molar-refractivity contribution in [3.8, 4) is 5.75 Å². The average molecular weight is 291 g/mol. The second-order valence-electron chi connectivity index (χ2n) is 5.76. The molecule has 1 aromatic carbocycles. The van der Waals surface area contributed by atoms with Crippen molar-refractivity contribution in [2.24, 2.45) is 5.92 Å². The molecule has 0 spiro atoms. The molecule has 1 saturated carbocycles. The van der Waals surface area contributed by atoms with Crippen LogP contribution < -0.4 is 10.1 Å². The van der Waals surface area contributed by atoms with Gasteiger partial charge in [-0.25, -0.2) is 4.79 Å². The number of benzene rings is 1. The molecule has 0 bridgehead atoms. The molecule has 4 heteroatoms. The maximum Gasteiger partial charge on any atom is 0.335 e. The quantitative estimate of drug-likeness (QED) is 0.757. The van der Waals surface area contributed by atoms with Crippen LogP contribution in [-0.4, -0.2) is 30.3 Å². The highest BCUT2D eigenvalue weighted by Crippen LogP contribution is 2.26. The summed E-state index contributed by atoms with van der Waals surface area (Å²) in [5, 5.41) is 12.4. The summed E-state index contributed by atoms with van der Waals surface area (Å²) in [4.78, 5) is 10.7. The molecular weight excluding hydrogens is 266 g/mol. The van der Waals surface area contributed by atoms with Crippen LogP contribution in [0.2, 0.25) is 0 Å². The van der Waals surface area contributed by atoms with E-state index >= 15 is 0 Å². The molecule has 1 fully saturated rings. The lowest BCUT2D eigenvalue weighted by Crippen LogP contribution is -2.35. The first kappa shape index (κ1) is 15.8. The molecule has 21 heavy (non-hydrogen) atoms. The Morgan fingerprint density at radius 1 is 1.24 bits per heavy atom. The Morgan fingerprint density at radius 2 is 1.90 bits per heavy atom. The van der Waals surface area contributed by atoms with Crippen LogP contribution in [0.5, 0.6) is 5.75 Å². The minimum absolute atomic E-state index is 0.285. The van der Waals surface area contributed by atoms with Crippen LogP contribution in [0.15, 0.2) is 24.3 Å². The Hall–Kier alpha value is -1.55. The minimum atomic E-state index is -0.911. The van der Waals surface area contributed by atoms with Crippen LogP contribution in [0.3, 0.4) is 0 Å². The van der Waals surface area contributed by atoms with E-state index in [-0.39, 0.29) is 5.56 Å². The zero-order valence-corrected chi connectivity index (χ0v) is 12.7. The summed E-state index contributed by atoms with van der Waals surface area (Å²) in [7, 11) is 0. The molecule has 4 nitrogen and oxygen atoms in total. The van der Waals surface area contributed by atoms with E-state index in [1.807, 2.05) is 0 Å². The van der Waals surface area contributed by atoms with Crippen molar-refractivity contribution in [1.82, 2.24) is 5.32 Å². The third-order valence-corrected chi connectivity index (χ3v) is 4.33. The number of ether oxygens (including phenoxy) is 1. The normalized spacial score (nSPS) is 22.0. The molecule has 0 amide bonds. The monoisotopic (exact) mass is 291 g/mol. The van der Waals surface area contributed by atoms with Gasteiger partial charge in [0, 0.05) is 12.6 Å². The number of carboxylic acids is 1. The number of hydrogen-bond acceptors (Lipinski definition) is 3. The van der Waals surface area contributed by atoms with Crippen LogP contribution in [0, 0.1) is 5.92 Å². The van der Waals surface area contributed by atoms with E-state index in [2.05, 4.69) is 12.2 Å². The van der Waals surface area contributed by atoms with Gasteiger partial charge in [-0.15, -0.1) is 0 Å². The van der Waals surface area contributed by atoms with Crippen LogP contribution in [0.1, 0.15) is 49.4 Å². The second kappa shape index (κ2) is 8.03. The summed E-state index contributed by atoms with van der Waals surface area (Å²) >= 11 is 0. The summed E-state index contributed by atoms with van der Waals surface area (Å²) in [5.74, 6) is 0.731. The van der Waals surface area contributed by atoms with Crippen LogP contribution in [0.4, 0.5) is 0 Å². The van der Waals surface area contributed by atoms with Gasteiger partial charge in [0.25, 0.3) is 0 Å². The van der Waals surface area contributed by atoms with Gasteiger partial charge in [-0.2, -0.15) is 0 Å². The molecule has 0 atom stereocenters. The molecule has 0 unspecified atom stereocenters. The number of rotatable bonds is 7. The van der Waals surface area contributed by atoms with Gasteiger partial charge in [-0.05, 0) is 55.9 Å². The van der Waals surface area contributed by atoms with E-state index < -0.39 is 5.97 Å². The predicted molar refractivity (Wildman–Crippen MR) is 82.9 cm³/mol. The van der Waals surface area contributed by atoms with Gasteiger partial charge in [0.1, 0.15) is 12.4 Å². The minimum Gasteiger partial charge on any atom is -0.492 e. The molecule has 0 radical (unpaired) electrons. The topological polar surface area (TPSA) is 58.6 Å². The average Bonchev–Trinajstić information content (AvgIpc) is 2.52. The Labute approximate surface area is 126 Å². The third kappa shape index (κ3) is 5.05. The molecule has 2 N–H and O–H groups in total. The fraction of sp³-hybridized carbons (Fsp3) is 0.588. The Balaban J connectivity index is 1.62. The number of aromatic carboxylic acids is 1. The highest BCUT2D eigenvalue weighted by molar-refractivity contribution is 5.87. The molecule has 0 saturated heterocycles. The molecule has 1 aromatic rings. The van der Waals surface area contributed by atoms with Crippen LogP contribution >= 0.6 is 0 Å². The summed E-state index contributed by atoms with van der Waals surface area (Å²) in [6.07, 6.45) is 6.52. The van der Waals surface area contributed by atoms with Crippen LogP contribution in [0.25, 0.3) is 0 Å². The first-order valence-corrected chi connectivity index (χ1v) is 7.88. The van der Waals surface area contributed by atoms with Gasteiger partial charge in [0.05, 0.1) is 5.56 Å². The van der Waals surface area contributed by atoms with Gasteiger partial charge >= 0.3 is 5.97 Å². The van der Waals surface area contributed by atoms with Crippen LogP contribution in [-0.2, 0) is 0 Å². The third-order valence-electron chi connectivity index (χ3n) is 4.33. The molecule has 1 aliphatic carbocycles. The van der Waals surface area contributed by atoms with Gasteiger partial charge in [0.2, 0.25) is 0 Å². The molecule has 2 rings (SSSR count). The molecule has 0 heterocycles. The first-order chi connectivity index (χ1) is 10.2. The van der Waals surface area contributed by atoms with E-state index in [0.717, 1.165) is 18.2 Å². The summed E-state index contributed by atoms with van der Waals surface area (Å²) in [6.45, 7) is 3.73. The van der Waals surface area contributed by atoms with Crippen molar-refractivity contribution in [1.29, 1.82) is 0 Å². The lowest BCUT2D eigenvalue weighted by molar-refractivity contribution is 0.0697. The van der Waals surface area contributed by atoms with Crippen molar-refractivity contribution in [2.45, 2.75) is 45.1 Å². The van der Waals surface area contributed by atoms with Crippen molar-refractivity contribution >= 4 is 5.97 Å². The van der Waals surface area contributed by atoms with Gasteiger partial charge in [-0.3, -0.25) is 0 Å². The fourth-order valence-corrected chi connectivity index (χ4v) is 2.90. The highest BCUT2D eigenvalue weighted by atomic mass is 16.5. The van der Waals surface area contributed by atoms with E-state index in [0.29, 0.717) is 12.6 Å². The van der Waals surface area contributed by atoms with E-state index in [1.165, 1.54) is 32.1 Å². The smallest absolute Gasteiger partial charge is 0.335 e. The summed E-state index contributed by atoms with van der Waals surface area (Å²) < 4.78 is 5.62. The van der Waals surface area contributed by atoms with E-state index in [1.54, 1.807) is 24.3 Å².